The third kappa shape index (κ3) is 2.43. The molecule has 0 aliphatic carbocycles. The normalized spacial score (nSPS) is 17.8. The molecule has 1 fully saturated rings. The number of benzene rings is 1. The van der Waals surface area contributed by atoms with Crippen LogP contribution in [-0.2, 0) is 9.59 Å². The highest BCUT2D eigenvalue weighted by Gasteiger charge is 2.35. The summed E-state index contributed by atoms with van der Waals surface area (Å²) in [6.07, 6.45) is 3.95. The number of hydrogen-bond acceptors (Lipinski definition) is 3. The van der Waals surface area contributed by atoms with Gasteiger partial charge in [0.15, 0.2) is 0 Å². The molecular formula is C16H17N3O3. The maximum Gasteiger partial charge on any atom is 0.227 e. The van der Waals surface area contributed by atoms with E-state index in [0.717, 1.165) is 5.69 Å². The molecule has 0 saturated carbocycles. The monoisotopic (exact) mass is 299 g/mol. The number of methoxy groups -OCH3 is 1. The summed E-state index contributed by atoms with van der Waals surface area (Å²) in [5, 5.41) is 0. The SMILES string of the molecule is COc1ccc(-n2cccc2)c(N2CC(C(N)=O)CC2=O)c1. The number of amides is 2. The first-order valence-electron chi connectivity index (χ1n) is 7.01. The maximum absolute atomic E-state index is 12.3. The minimum absolute atomic E-state index is 0.106. The highest BCUT2D eigenvalue weighted by atomic mass is 16.5. The summed E-state index contributed by atoms with van der Waals surface area (Å²) in [6, 6.07) is 9.35. The number of nitrogens with zero attached hydrogens (tertiary/aromatic N) is 2. The molecule has 6 heteroatoms. The highest BCUT2D eigenvalue weighted by Crippen LogP contribution is 2.33. The number of rotatable bonds is 4. The molecular weight excluding hydrogens is 282 g/mol. The lowest BCUT2D eigenvalue weighted by molar-refractivity contribution is -0.123. The predicted octanol–water partition coefficient (Wildman–Crippen LogP) is 1.32. The van der Waals surface area contributed by atoms with Crippen LogP contribution in [0.15, 0.2) is 42.7 Å². The van der Waals surface area contributed by atoms with Crippen LogP contribution in [0.4, 0.5) is 5.69 Å². The van der Waals surface area contributed by atoms with E-state index in [0.29, 0.717) is 18.0 Å². The van der Waals surface area contributed by atoms with Crippen LogP contribution in [0, 0.1) is 5.92 Å². The molecule has 1 aliphatic heterocycles. The quantitative estimate of drug-likeness (QED) is 0.925. The Morgan fingerprint density at radius 3 is 2.59 bits per heavy atom. The van der Waals surface area contributed by atoms with Crippen LogP contribution in [0.25, 0.3) is 5.69 Å². The Bertz CT molecular complexity index is 709. The van der Waals surface area contributed by atoms with Crippen molar-refractivity contribution in [1.29, 1.82) is 0 Å². The van der Waals surface area contributed by atoms with E-state index in [1.165, 1.54) is 0 Å². The van der Waals surface area contributed by atoms with Crippen LogP contribution >= 0.6 is 0 Å². The fraction of sp³-hybridized carbons (Fsp3) is 0.250. The van der Waals surface area contributed by atoms with Crippen molar-refractivity contribution in [2.75, 3.05) is 18.6 Å². The van der Waals surface area contributed by atoms with Crippen molar-refractivity contribution >= 4 is 17.5 Å². The van der Waals surface area contributed by atoms with E-state index in [4.69, 9.17) is 10.5 Å². The molecule has 0 radical (unpaired) electrons. The van der Waals surface area contributed by atoms with E-state index in [1.54, 1.807) is 18.1 Å². The van der Waals surface area contributed by atoms with Crippen LogP contribution in [0.3, 0.4) is 0 Å². The lowest BCUT2D eigenvalue weighted by atomic mass is 10.1. The summed E-state index contributed by atoms with van der Waals surface area (Å²) in [5.41, 5.74) is 6.90. The van der Waals surface area contributed by atoms with Crippen LogP contribution in [-0.4, -0.2) is 30.0 Å². The van der Waals surface area contributed by atoms with E-state index < -0.39 is 11.8 Å². The molecule has 1 unspecified atom stereocenters. The van der Waals surface area contributed by atoms with Gasteiger partial charge in [0.05, 0.1) is 24.4 Å². The molecule has 1 aromatic heterocycles. The molecule has 22 heavy (non-hydrogen) atoms. The number of nitrogens with two attached hydrogens (primary N) is 1. The van der Waals surface area contributed by atoms with E-state index in [-0.39, 0.29) is 12.3 Å². The van der Waals surface area contributed by atoms with Gasteiger partial charge in [-0.1, -0.05) is 0 Å². The number of carbonyl (C=O) groups excluding carboxylic acids is 2. The van der Waals surface area contributed by atoms with Gasteiger partial charge in [-0.3, -0.25) is 9.59 Å². The second-order valence-corrected chi connectivity index (χ2v) is 5.25. The molecule has 1 aromatic carbocycles. The first-order valence-corrected chi connectivity index (χ1v) is 7.01. The average molecular weight is 299 g/mol. The van der Waals surface area contributed by atoms with E-state index in [2.05, 4.69) is 0 Å². The Morgan fingerprint density at radius 1 is 1.27 bits per heavy atom. The molecule has 6 nitrogen and oxygen atoms in total. The molecule has 2 N–H and O–H groups in total. The van der Waals surface area contributed by atoms with Crippen LogP contribution < -0.4 is 15.4 Å². The largest absolute Gasteiger partial charge is 0.497 e. The molecule has 2 amide bonds. The maximum atomic E-state index is 12.3. The van der Waals surface area contributed by atoms with Crippen molar-refractivity contribution in [2.24, 2.45) is 11.7 Å². The summed E-state index contributed by atoms with van der Waals surface area (Å²) >= 11 is 0. The van der Waals surface area contributed by atoms with Crippen LogP contribution in [0.5, 0.6) is 5.75 Å². The molecule has 1 aliphatic rings. The molecule has 0 bridgehead atoms. The van der Waals surface area contributed by atoms with E-state index in [1.807, 2.05) is 41.2 Å². The number of primary amides is 1. The lowest BCUT2D eigenvalue weighted by Gasteiger charge is -2.21. The van der Waals surface area contributed by atoms with E-state index >= 15 is 0 Å². The zero-order chi connectivity index (χ0) is 15.7. The van der Waals surface area contributed by atoms with Crippen LogP contribution in [0.2, 0.25) is 0 Å². The summed E-state index contributed by atoms with van der Waals surface area (Å²) in [5.74, 6) is -0.343. The number of anilines is 1. The second kappa shape index (κ2) is 5.55. The fourth-order valence-electron chi connectivity index (χ4n) is 2.69. The second-order valence-electron chi connectivity index (χ2n) is 5.25. The molecule has 3 rings (SSSR count). The van der Waals surface area contributed by atoms with Crippen molar-refractivity contribution in [3.05, 3.63) is 42.7 Å². The summed E-state index contributed by atoms with van der Waals surface area (Å²) < 4.78 is 7.17. The Labute approximate surface area is 128 Å². The molecule has 2 aromatic rings. The molecule has 1 saturated heterocycles. The Kier molecular flexibility index (Phi) is 3.58. The predicted molar refractivity (Wildman–Crippen MR) is 82.0 cm³/mol. The Balaban J connectivity index is 2.05. The zero-order valence-electron chi connectivity index (χ0n) is 12.2. The number of aromatic nitrogens is 1. The third-order valence-corrected chi connectivity index (χ3v) is 3.88. The van der Waals surface area contributed by atoms with Gasteiger partial charge in [-0.25, -0.2) is 0 Å². The van der Waals surface area contributed by atoms with Gasteiger partial charge in [-0.05, 0) is 24.3 Å². The minimum atomic E-state index is -0.448. The van der Waals surface area contributed by atoms with Crippen molar-refractivity contribution in [3.63, 3.8) is 0 Å². The van der Waals surface area contributed by atoms with Gasteiger partial charge in [0.25, 0.3) is 0 Å². The van der Waals surface area contributed by atoms with Gasteiger partial charge in [0.2, 0.25) is 11.8 Å². The van der Waals surface area contributed by atoms with Gasteiger partial charge in [-0.15, -0.1) is 0 Å². The minimum Gasteiger partial charge on any atom is -0.497 e. The average Bonchev–Trinajstić information content (AvgIpc) is 3.16. The van der Waals surface area contributed by atoms with Gasteiger partial charge in [-0.2, -0.15) is 0 Å². The topological polar surface area (TPSA) is 77.6 Å². The van der Waals surface area contributed by atoms with Crippen molar-refractivity contribution in [3.8, 4) is 11.4 Å². The Hall–Kier alpha value is -2.76. The fourth-order valence-corrected chi connectivity index (χ4v) is 2.69. The zero-order valence-corrected chi connectivity index (χ0v) is 12.2. The number of carbonyl (C=O) groups is 2. The van der Waals surface area contributed by atoms with E-state index in [9.17, 15) is 9.59 Å². The first kappa shape index (κ1) is 14.2. The van der Waals surface area contributed by atoms with Gasteiger partial charge < -0.3 is 19.9 Å². The molecule has 0 spiro atoms. The highest BCUT2D eigenvalue weighted by molar-refractivity contribution is 6.01. The molecule has 1 atom stereocenters. The summed E-state index contributed by atoms with van der Waals surface area (Å²) in [7, 11) is 1.58. The van der Waals surface area contributed by atoms with Gasteiger partial charge in [0, 0.05) is 31.4 Å². The lowest BCUT2D eigenvalue weighted by Crippen LogP contribution is -2.29. The smallest absolute Gasteiger partial charge is 0.227 e. The van der Waals surface area contributed by atoms with Crippen LogP contribution in [0.1, 0.15) is 6.42 Å². The number of ether oxygens (including phenoxy) is 1. The summed E-state index contributed by atoms with van der Waals surface area (Å²) in [6.45, 7) is 0.301. The molecule has 2 heterocycles. The number of hydrogen-bond donors (Lipinski definition) is 1. The van der Waals surface area contributed by atoms with Crippen molar-refractivity contribution in [1.82, 2.24) is 4.57 Å². The summed E-state index contributed by atoms with van der Waals surface area (Å²) in [4.78, 5) is 25.3. The third-order valence-electron chi connectivity index (χ3n) is 3.88. The van der Waals surface area contributed by atoms with Crippen molar-refractivity contribution in [2.45, 2.75) is 6.42 Å². The Morgan fingerprint density at radius 2 is 2.00 bits per heavy atom. The molecule has 114 valence electrons. The van der Waals surface area contributed by atoms with Gasteiger partial charge >= 0.3 is 0 Å². The van der Waals surface area contributed by atoms with Crippen molar-refractivity contribution < 1.29 is 14.3 Å². The standard InChI is InChI=1S/C16H17N3O3/c1-22-12-4-5-13(18-6-2-3-7-18)14(9-12)19-10-11(16(17)21)8-15(19)20/h2-7,9,11H,8,10H2,1H3,(H2,17,21). The first-order chi connectivity index (χ1) is 10.6. The van der Waals surface area contributed by atoms with Gasteiger partial charge in [0.1, 0.15) is 5.75 Å².